The molecule has 0 aliphatic heterocycles. The standard InChI is InChI=1S/C9H10O.H4Si/c1-2-5-8-6-3-4-7-9(8)10;/h2-4,6-7,10H,1,5H2;1H4. The molecule has 0 saturated heterocycles. The molecule has 0 bridgehead atoms. The van der Waals surface area contributed by atoms with Gasteiger partial charge in [-0.05, 0) is 29.0 Å². The highest BCUT2D eigenvalue weighted by molar-refractivity contribution is 5.75. The smallest absolute Gasteiger partial charge is 0.119 e. The molecule has 0 spiro atoms. The van der Waals surface area contributed by atoms with E-state index in [1.807, 2.05) is 18.2 Å². The summed E-state index contributed by atoms with van der Waals surface area (Å²) >= 11 is 0. The summed E-state index contributed by atoms with van der Waals surface area (Å²) in [5.74, 6) is 0.349. The zero-order chi connectivity index (χ0) is 7.40. The van der Waals surface area contributed by atoms with Crippen LogP contribution in [0.5, 0.6) is 5.75 Å². The molecular formula is C9H14OSi. The molecule has 0 aromatic heterocycles. The second-order valence-electron chi connectivity index (χ2n) is 2.12. The predicted molar refractivity (Wildman–Crippen MR) is 53.3 cm³/mol. The second kappa shape index (κ2) is 4.74. The second-order valence-corrected chi connectivity index (χ2v) is 2.12. The number of phenolic OH excluding ortho intramolecular Hbond substituents is 1. The Bertz CT molecular complexity index is 233. The molecule has 0 saturated carbocycles. The van der Waals surface area contributed by atoms with E-state index in [0.717, 1.165) is 12.0 Å². The zero-order valence-electron chi connectivity index (χ0n) is 5.75. The van der Waals surface area contributed by atoms with Gasteiger partial charge in [0.2, 0.25) is 0 Å². The highest BCUT2D eigenvalue weighted by Crippen LogP contribution is 2.15. The van der Waals surface area contributed by atoms with Gasteiger partial charge in [0, 0.05) is 0 Å². The molecule has 0 aliphatic rings. The number of rotatable bonds is 2. The maximum absolute atomic E-state index is 9.19. The van der Waals surface area contributed by atoms with Crippen molar-refractivity contribution in [3.05, 3.63) is 42.5 Å². The lowest BCUT2D eigenvalue weighted by atomic mass is 10.1. The largest absolute Gasteiger partial charge is 0.508 e. The zero-order valence-corrected chi connectivity index (χ0v) is 5.75. The first kappa shape index (κ1) is 9.98. The third kappa shape index (κ3) is 2.59. The van der Waals surface area contributed by atoms with Gasteiger partial charge in [0.25, 0.3) is 0 Å². The molecule has 0 amide bonds. The summed E-state index contributed by atoms with van der Waals surface area (Å²) in [7, 11) is 0. The average molecular weight is 166 g/mol. The van der Waals surface area contributed by atoms with Crippen LogP contribution in [-0.4, -0.2) is 16.1 Å². The van der Waals surface area contributed by atoms with Crippen LogP contribution in [0.4, 0.5) is 0 Å². The van der Waals surface area contributed by atoms with E-state index in [2.05, 4.69) is 6.58 Å². The molecular weight excluding hydrogens is 152 g/mol. The maximum Gasteiger partial charge on any atom is 0.119 e. The van der Waals surface area contributed by atoms with Crippen molar-refractivity contribution in [2.45, 2.75) is 6.42 Å². The lowest BCUT2D eigenvalue weighted by molar-refractivity contribution is 0.470. The molecule has 0 aliphatic carbocycles. The molecule has 1 N–H and O–H groups in total. The molecule has 2 heteroatoms. The molecule has 1 nitrogen and oxygen atoms in total. The molecule has 0 radical (unpaired) electrons. The maximum atomic E-state index is 9.19. The van der Waals surface area contributed by atoms with Gasteiger partial charge in [-0.3, -0.25) is 0 Å². The number of hydrogen-bond donors (Lipinski definition) is 1. The van der Waals surface area contributed by atoms with Gasteiger partial charge in [-0.15, -0.1) is 6.58 Å². The Balaban J connectivity index is 0.000001000. The van der Waals surface area contributed by atoms with E-state index in [1.54, 1.807) is 12.1 Å². The van der Waals surface area contributed by atoms with E-state index in [0.29, 0.717) is 5.75 Å². The topological polar surface area (TPSA) is 20.2 Å². The van der Waals surface area contributed by atoms with Crippen molar-refractivity contribution in [3.8, 4) is 5.75 Å². The van der Waals surface area contributed by atoms with Gasteiger partial charge < -0.3 is 5.11 Å². The van der Waals surface area contributed by atoms with Crippen LogP contribution in [0.15, 0.2) is 36.9 Å². The first-order chi connectivity index (χ1) is 4.84. The number of hydrogen-bond acceptors (Lipinski definition) is 1. The van der Waals surface area contributed by atoms with Gasteiger partial charge in [0.15, 0.2) is 0 Å². The summed E-state index contributed by atoms with van der Waals surface area (Å²) in [5.41, 5.74) is 0.928. The Kier molecular flexibility index (Phi) is 4.30. The lowest BCUT2D eigenvalue weighted by Crippen LogP contribution is -1.79. The van der Waals surface area contributed by atoms with Crippen molar-refractivity contribution < 1.29 is 5.11 Å². The minimum Gasteiger partial charge on any atom is -0.508 e. The van der Waals surface area contributed by atoms with Crippen molar-refractivity contribution >= 4 is 11.0 Å². The van der Waals surface area contributed by atoms with Crippen LogP contribution < -0.4 is 0 Å². The van der Waals surface area contributed by atoms with Crippen LogP contribution in [0.3, 0.4) is 0 Å². The molecule has 11 heavy (non-hydrogen) atoms. The van der Waals surface area contributed by atoms with E-state index in [1.165, 1.54) is 0 Å². The quantitative estimate of drug-likeness (QED) is 0.506. The van der Waals surface area contributed by atoms with E-state index in [9.17, 15) is 5.11 Å². The van der Waals surface area contributed by atoms with E-state index in [4.69, 9.17) is 0 Å². The van der Waals surface area contributed by atoms with Crippen molar-refractivity contribution in [2.24, 2.45) is 0 Å². The third-order valence-corrected chi connectivity index (χ3v) is 1.36. The van der Waals surface area contributed by atoms with Gasteiger partial charge in [-0.25, -0.2) is 0 Å². The Morgan fingerprint density at radius 2 is 2.00 bits per heavy atom. The van der Waals surface area contributed by atoms with Crippen molar-refractivity contribution in [1.29, 1.82) is 0 Å². The van der Waals surface area contributed by atoms with Gasteiger partial charge in [-0.1, -0.05) is 24.3 Å². The summed E-state index contributed by atoms with van der Waals surface area (Å²) < 4.78 is 0. The first-order valence-electron chi connectivity index (χ1n) is 3.22. The van der Waals surface area contributed by atoms with Crippen molar-refractivity contribution in [1.82, 2.24) is 0 Å². The van der Waals surface area contributed by atoms with Gasteiger partial charge >= 0.3 is 0 Å². The molecule has 0 unspecified atom stereocenters. The molecule has 1 aromatic carbocycles. The molecule has 0 fully saturated rings. The van der Waals surface area contributed by atoms with Crippen LogP contribution in [0, 0.1) is 0 Å². The lowest BCUT2D eigenvalue weighted by Gasteiger charge is -1.97. The van der Waals surface area contributed by atoms with E-state index < -0.39 is 0 Å². The monoisotopic (exact) mass is 166 g/mol. The van der Waals surface area contributed by atoms with Gasteiger partial charge in [0.05, 0.1) is 0 Å². The third-order valence-electron chi connectivity index (χ3n) is 1.36. The Morgan fingerprint density at radius 3 is 2.55 bits per heavy atom. The molecule has 1 rings (SSSR count). The van der Waals surface area contributed by atoms with Crippen LogP contribution in [-0.2, 0) is 6.42 Å². The fourth-order valence-electron chi connectivity index (χ4n) is 0.839. The number of benzene rings is 1. The number of para-hydroxylation sites is 1. The Hall–Kier alpha value is -1.02. The Labute approximate surface area is 71.4 Å². The van der Waals surface area contributed by atoms with Crippen LogP contribution in [0.1, 0.15) is 5.56 Å². The first-order valence-corrected chi connectivity index (χ1v) is 3.22. The summed E-state index contributed by atoms with van der Waals surface area (Å²) in [6.07, 6.45) is 2.50. The minimum absolute atomic E-state index is 0. The molecule has 0 heterocycles. The summed E-state index contributed by atoms with van der Waals surface area (Å²) in [4.78, 5) is 0. The number of phenols is 1. The van der Waals surface area contributed by atoms with E-state index >= 15 is 0 Å². The average Bonchev–Trinajstić information content (AvgIpc) is 1.94. The summed E-state index contributed by atoms with van der Waals surface area (Å²) in [5, 5.41) is 9.19. The molecule has 60 valence electrons. The number of aromatic hydroxyl groups is 1. The van der Waals surface area contributed by atoms with Gasteiger partial charge in [0.1, 0.15) is 5.75 Å². The summed E-state index contributed by atoms with van der Waals surface area (Å²) in [6, 6.07) is 7.27. The normalized spacial score (nSPS) is 8.36. The van der Waals surface area contributed by atoms with Crippen LogP contribution >= 0.6 is 0 Å². The van der Waals surface area contributed by atoms with Crippen molar-refractivity contribution in [3.63, 3.8) is 0 Å². The summed E-state index contributed by atoms with van der Waals surface area (Å²) in [6.45, 7) is 3.59. The molecule has 1 aromatic rings. The van der Waals surface area contributed by atoms with Crippen molar-refractivity contribution in [2.75, 3.05) is 0 Å². The fourth-order valence-corrected chi connectivity index (χ4v) is 0.839. The Morgan fingerprint density at radius 1 is 1.36 bits per heavy atom. The minimum atomic E-state index is 0. The van der Waals surface area contributed by atoms with Crippen LogP contribution in [0.2, 0.25) is 0 Å². The van der Waals surface area contributed by atoms with Crippen LogP contribution in [0.25, 0.3) is 0 Å². The SMILES string of the molecule is C=CCc1ccccc1O.[SiH4]. The number of allylic oxidation sites excluding steroid dienone is 1. The highest BCUT2D eigenvalue weighted by Gasteiger charge is 1.93. The fraction of sp³-hybridized carbons (Fsp3) is 0.111. The van der Waals surface area contributed by atoms with E-state index in [-0.39, 0.29) is 11.0 Å². The molecule has 0 atom stereocenters. The van der Waals surface area contributed by atoms with Gasteiger partial charge in [-0.2, -0.15) is 0 Å². The highest BCUT2D eigenvalue weighted by atomic mass is 28.1. The predicted octanol–water partition coefficient (Wildman–Crippen LogP) is 0.669.